The van der Waals surface area contributed by atoms with E-state index < -0.39 is 11.8 Å². The normalized spacial score (nSPS) is 9.00. The molecule has 0 aliphatic rings. The fourth-order valence-corrected chi connectivity index (χ4v) is 0.731. The quantitative estimate of drug-likeness (QED) is 0.647. The average Bonchev–Trinajstić information content (AvgIpc) is 2.04. The number of hydrogen-bond donors (Lipinski definition) is 1. The van der Waals surface area contributed by atoms with E-state index in [0.29, 0.717) is 0 Å². The average molecular weight is 165 g/mol. The standard InChI is InChI=1S/C8H4FNO2/c1-10-7-3-2-5(8(11)12)4-6(7)9/h2-4H,(H,11,12). The van der Waals surface area contributed by atoms with Crippen LogP contribution in [0.5, 0.6) is 0 Å². The molecule has 1 N–H and O–H groups in total. The molecule has 3 nitrogen and oxygen atoms in total. The molecule has 1 rings (SSSR count). The number of carboxylic acids is 1. The molecule has 0 amide bonds. The van der Waals surface area contributed by atoms with Gasteiger partial charge in [-0.05, 0) is 6.07 Å². The Labute approximate surface area is 67.9 Å². The Morgan fingerprint density at radius 2 is 2.25 bits per heavy atom. The Kier molecular flexibility index (Phi) is 2.06. The molecule has 4 heteroatoms. The summed E-state index contributed by atoms with van der Waals surface area (Å²) in [6.45, 7) is 6.50. The van der Waals surface area contributed by atoms with Crippen molar-refractivity contribution in [2.75, 3.05) is 0 Å². The molecular weight excluding hydrogens is 161 g/mol. The summed E-state index contributed by atoms with van der Waals surface area (Å²) in [5.74, 6) is -2.00. The van der Waals surface area contributed by atoms with Gasteiger partial charge in [-0.25, -0.2) is 14.0 Å². The minimum Gasteiger partial charge on any atom is -0.478 e. The lowest BCUT2D eigenvalue weighted by atomic mass is 10.2. The molecule has 0 atom stereocenters. The van der Waals surface area contributed by atoms with E-state index in [2.05, 4.69) is 4.85 Å². The summed E-state index contributed by atoms with van der Waals surface area (Å²) in [4.78, 5) is 13.2. The van der Waals surface area contributed by atoms with Crippen molar-refractivity contribution in [2.45, 2.75) is 0 Å². The van der Waals surface area contributed by atoms with Crippen LogP contribution in [0.1, 0.15) is 10.4 Å². The summed E-state index contributed by atoms with van der Waals surface area (Å²) in [5.41, 5.74) is -0.320. The third kappa shape index (κ3) is 1.40. The molecule has 0 saturated heterocycles. The van der Waals surface area contributed by atoms with Crippen LogP contribution in [0.3, 0.4) is 0 Å². The minimum absolute atomic E-state index is 0.153. The smallest absolute Gasteiger partial charge is 0.335 e. The fraction of sp³-hybridized carbons (Fsp3) is 0. The monoisotopic (exact) mass is 165 g/mol. The predicted molar refractivity (Wildman–Crippen MR) is 39.6 cm³/mol. The molecule has 0 aromatic heterocycles. The topological polar surface area (TPSA) is 41.7 Å². The van der Waals surface area contributed by atoms with Gasteiger partial charge >= 0.3 is 5.97 Å². The molecule has 12 heavy (non-hydrogen) atoms. The molecule has 0 bridgehead atoms. The molecule has 0 fully saturated rings. The number of nitrogens with zero attached hydrogens (tertiary/aromatic N) is 1. The van der Waals surface area contributed by atoms with Crippen LogP contribution in [0.25, 0.3) is 4.85 Å². The maximum atomic E-state index is 12.7. The van der Waals surface area contributed by atoms with Crippen LogP contribution in [-0.2, 0) is 0 Å². The van der Waals surface area contributed by atoms with Gasteiger partial charge in [0.05, 0.1) is 12.1 Å². The van der Waals surface area contributed by atoms with E-state index in [1.54, 1.807) is 0 Å². The van der Waals surface area contributed by atoms with Crippen molar-refractivity contribution in [3.8, 4) is 0 Å². The highest BCUT2D eigenvalue weighted by atomic mass is 19.1. The van der Waals surface area contributed by atoms with Crippen molar-refractivity contribution < 1.29 is 14.3 Å². The van der Waals surface area contributed by atoms with Gasteiger partial charge in [0, 0.05) is 0 Å². The first-order valence-corrected chi connectivity index (χ1v) is 3.05. The van der Waals surface area contributed by atoms with Crippen molar-refractivity contribution in [1.29, 1.82) is 0 Å². The van der Waals surface area contributed by atoms with Gasteiger partial charge in [-0.1, -0.05) is 12.1 Å². The lowest BCUT2D eigenvalue weighted by molar-refractivity contribution is 0.0696. The van der Waals surface area contributed by atoms with Gasteiger partial charge in [-0.3, -0.25) is 0 Å². The number of benzene rings is 1. The van der Waals surface area contributed by atoms with E-state index in [1.165, 1.54) is 6.07 Å². The van der Waals surface area contributed by atoms with Crippen molar-refractivity contribution in [3.63, 3.8) is 0 Å². The summed E-state index contributed by atoms with van der Waals surface area (Å²) in [6.07, 6.45) is 0. The van der Waals surface area contributed by atoms with Crippen LogP contribution in [0.2, 0.25) is 0 Å². The van der Waals surface area contributed by atoms with E-state index in [0.717, 1.165) is 12.1 Å². The number of aromatic carboxylic acids is 1. The Morgan fingerprint density at radius 1 is 1.58 bits per heavy atom. The molecule has 0 radical (unpaired) electrons. The first-order chi connectivity index (χ1) is 5.65. The highest BCUT2D eigenvalue weighted by Gasteiger charge is 2.06. The van der Waals surface area contributed by atoms with Crippen LogP contribution in [0.15, 0.2) is 18.2 Å². The zero-order chi connectivity index (χ0) is 9.14. The van der Waals surface area contributed by atoms with E-state index in [1.807, 2.05) is 0 Å². The first kappa shape index (κ1) is 8.21. The Morgan fingerprint density at radius 3 is 2.67 bits per heavy atom. The van der Waals surface area contributed by atoms with E-state index in [-0.39, 0.29) is 11.3 Å². The fourth-order valence-electron chi connectivity index (χ4n) is 0.731. The van der Waals surface area contributed by atoms with Crippen molar-refractivity contribution in [2.24, 2.45) is 0 Å². The van der Waals surface area contributed by atoms with E-state index >= 15 is 0 Å². The summed E-state index contributed by atoms with van der Waals surface area (Å²) >= 11 is 0. The molecule has 0 spiro atoms. The Balaban J connectivity index is 3.21. The third-order valence-corrected chi connectivity index (χ3v) is 1.32. The van der Waals surface area contributed by atoms with Crippen molar-refractivity contribution >= 4 is 11.7 Å². The zero-order valence-electron chi connectivity index (χ0n) is 5.91. The third-order valence-electron chi connectivity index (χ3n) is 1.32. The van der Waals surface area contributed by atoms with Crippen LogP contribution < -0.4 is 0 Å². The molecule has 0 aliphatic heterocycles. The summed E-state index contributed by atoms with van der Waals surface area (Å²) in [6, 6.07) is 3.17. The number of hydrogen-bond acceptors (Lipinski definition) is 1. The Bertz CT molecular complexity index is 368. The molecule has 0 unspecified atom stereocenters. The number of carbonyl (C=O) groups is 1. The predicted octanol–water partition coefficient (Wildman–Crippen LogP) is 2.07. The SMILES string of the molecule is [C-]#[N+]c1ccc(C(=O)O)cc1F. The lowest BCUT2D eigenvalue weighted by Crippen LogP contribution is -1.95. The maximum absolute atomic E-state index is 12.7. The van der Waals surface area contributed by atoms with Gasteiger partial charge in [-0.2, -0.15) is 0 Å². The second-order valence-corrected chi connectivity index (χ2v) is 2.08. The lowest BCUT2D eigenvalue weighted by Gasteiger charge is -1.95. The molecular formula is C8H4FNO2. The van der Waals surface area contributed by atoms with Gasteiger partial charge in [0.15, 0.2) is 0 Å². The highest BCUT2D eigenvalue weighted by Crippen LogP contribution is 2.18. The number of rotatable bonds is 1. The molecule has 0 saturated carbocycles. The summed E-state index contributed by atoms with van der Waals surface area (Å²) < 4.78 is 12.7. The maximum Gasteiger partial charge on any atom is 0.335 e. The van der Waals surface area contributed by atoms with Crippen LogP contribution in [0.4, 0.5) is 10.1 Å². The van der Waals surface area contributed by atoms with Gasteiger partial charge in [0.25, 0.3) is 0 Å². The zero-order valence-corrected chi connectivity index (χ0v) is 5.91. The second-order valence-electron chi connectivity index (χ2n) is 2.08. The molecule has 60 valence electrons. The first-order valence-electron chi connectivity index (χ1n) is 3.05. The highest BCUT2D eigenvalue weighted by molar-refractivity contribution is 5.88. The molecule has 0 aliphatic carbocycles. The van der Waals surface area contributed by atoms with Crippen LogP contribution in [-0.4, -0.2) is 11.1 Å². The Hall–Kier alpha value is -1.89. The molecule has 1 aromatic carbocycles. The number of carboxylic acid groups (broad SMARTS) is 1. The van der Waals surface area contributed by atoms with E-state index in [4.69, 9.17) is 11.7 Å². The van der Waals surface area contributed by atoms with Crippen molar-refractivity contribution in [1.82, 2.24) is 0 Å². The van der Waals surface area contributed by atoms with Crippen LogP contribution >= 0.6 is 0 Å². The number of halogens is 1. The van der Waals surface area contributed by atoms with Crippen LogP contribution in [0, 0.1) is 12.4 Å². The largest absolute Gasteiger partial charge is 0.478 e. The summed E-state index contributed by atoms with van der Waals surface area (Å²) in [5, 5.41) is 8.43. The summed E-state index contributed by atoms with van der Waals surface area (Å²) in [7, 11) is 0. The van der Waals surface area contributed by atoms with Gasteiger partial charge < -0.3 is 5.11 Å². The molecule has 1 aromatic rings. The molecule has 0 heterocycles. The van der Waals surface area contributed by atoms with E-state index in [9.17, 15) is 9.18 Å². The van der Waals surface area contributed by atoms with Gasteiger partial charge in [0.1, 0.15) is 5.82 Å². The van der Waals surface area contributed by atoms with Crippen molar-refractivity contribution in [3.05, 3.63) is 41.0 Å². The van der Waals surface area contributed by atoms with Gasteiger partial charge in [0.2, 0.25) is 5.69 Å². The minimum atomic E-state index is -1.20. The van der Waals surface area contributed by atoms with Gasteiger partial charge in [-0.15, -0.1) is 0 Å². The second kappa shape index (κ2) is 3.01.